The minimum absolute atomic E-state index is 0.120. The number of anilines is 2. The second-order valence-electron chi connectivity index (χ2n) is 16.0. The van der Waals surface area contributed by atoms with Crippen molar-refractivity contribution in [1.82, 2.24) is 0 Å². The molecule has 5 aromatic rings. The van der Waals surface area contributed by atoms with Crippen LogP contribution in [-0.4, -0.2) is 42.6 Å². The van der Waals surface area contributed by atoms with Crippen LogP contribution in [0.5, 0.6) is 5.75 Å². The predicted molar refractivity (Wildman–Crippen MR) is 223 cm³/mol. The van der Waals surface area contributed by atoms with E-state index in [9.17, 15) is 14.7 Å². The van der Waals surface area contributed by atoms with Gasteiger partial charge in [-0.15, -0.1) is 0 Å². The maximum Gasteiger partial charge on any atom is 0.238 e. The first-order valence-electron chi connectivity index (χ1n) is 19.7. The summed E-state index contributed by atoms with van der Waals surface area (Å²) in [6, 6.07) is 38.7. The molecule has 3 aliphatic carbocycles. The highest BCUT2D eigenvalue weighted by Crippen LogP contribution is 2.64. The lowest BCUT2D eigenvalue weighted by molar-refractivity contribution is -0.135. The Kier molecular flexibility index (Phi) is 9.11. The summed E-state index contributed by atoms with van der Waals surface area (Å²) in [5, 5.41) is 19.4. The van der Waals surface area contributed by atoms with Crippen LogP contribution in [0.2, 0.25) is 0 Å². The molecule has 2 fully saturated rings. The summed E-state index contributed by atoms with van der Waals surface area (Å²) >= 11 is 0. The number of benzene rings is 5. The van der Waals surface area contributed by atoms with Crippen LogP contribution in [0, 0.1) is 30.6 Å². The van der Waals surface area contributed by atoms with Gasteiger partial charge in [0.15, 0.2) is 11.6 Å². The summed E-state index contributed by atoms with van der Waals surface area (Å²) < 4.78 is 0. The van der Waals surface area contributed by atoms with Crippen molar-refractivity contribution in [2.45, 2.75) is 31.1 Å². The first-order valence-corrected chi connectivity index (χ1v) is 19.7. The van der Waals surface area contributed by atoms with Crippen LogP contribution < -0.4 is 9.80 Å². The van der Waals surface area contributed by atoms with Crippen molar-refractivity contribution in [3.63, 3.8) is 0 Å². The minimum atomic E-state index is -1.33. The van der Waals surface area contributed by atoms with E-state index in [0.29, 0.717) is 40.2 Å². The van der Waals surface area contributed by atoms with Crippen molar-refractivity contribution >= 4 is 51.7 Å². The van der Waals surface area contributed by atoms with Crippen molar-refractivity contribution < 1.29 is 24.3 Å². The molecule has 2 amide bonds. The van der Waals surface area contributed by atoms with Crippen molar-refractivity contribution in [3.05, 3.63) is 167 Å². The van der Waals surface area contributed by atoms with Gasteiger partial charge in [-0.25, -0.2) is 0 Å². The van der Waals surface area contributed by atoms with Crippen molar-refractivity contribution in [2.75, 3.05) is 23.9 Å². The Morgan fingerprint density at radius 3 is 2.02 bits per heavy atom. The number of carbonyl (C=O) groups excluding carboxylic acids is 4. The SMILES string of the molecule is Cc1cc(C2C3=CCC4C(=O)N(c5ccc(N=Nc6ccc(N(C)C)cc6)cc5)C(=O)C4C3CC3C(=O)C(c4ccccc4)=CC(=O)C32c2ccccc2)ccc1O. The van der Waals surface area contributed by atoms with Gasteiger partial charge in [0.25, 0.3) is 0 Å². The number of phenolic OH excluding ortho intramolecular Hbond substituents is 1. The van der Waals surface area contributed by atoms with Gasteiger partial charge in [-0.1, -0.05) is 84.4 Å². The Bertz CT molecular complexity index is 2560. The molecule has 9 nitrogen and oxygen atoms in total. The van der Waals surface area contributed by atoms with Crippen LogP contribution in [0.4, 0.5) is 22.7 Å². The quantitative estimate of drug-likeness (QED) is 0.100. The first-order chi connectivity index (χ1) is 28.1. The molecule has 0 spiro atoms. The average Bonchev–Trinajstić information content (AvgIpc) is 3.51. The van der Waals surface area contributed by atoms with Gasteiger partial charge in [0.05, 0.1) is 34.3 Å². The molecule has 6 atom stereocenters. The van der Waals surface area contributed by atoms with Gasteiger partial charge >= 0.3 is 0 Å². The van der Waals surface area contributed by atoms with E-state index < -0.39 is 35.0 Å². The zero-order chi connectivity index (χ0) is 40.3. The highest BCUT2D eigenvalue weighted by Gasteiger charge is 2.66. The number of allylic oxidation sites excluding steroid dienone is 4. The fraction of sp³-hybridized carbons (Fsp3) is 0.224. The Morgan fingerprint density at radius 2 is 1.38 bits per heavy atom. The van der Waals surface area contributed by atoms with E-state index in [-0.39, 0.29) is 35.6 Å². The number of Topliss-reactive ketones (excluding diaryl/α,β-unsaturated/α-hetero) is 1. The third-order valence-electron chi connectivity index (χ3n) is 12.7. The number of ketones is 2. The molecule has 0 bridgehead atoms. The van der Waals surface area contributed by atoms with Crippen LogP contribution in [0.3, 0.4) is 0 Å². The highest BCUT2D eigenvalue weighted by molar-refractivity contribution is 6.32. The van der Waals surface area contributed by atoms with Crippen molar-refractivity contribution in [3.8, 4) is 5.75 Å². The van der Waals surface area contributed by atoms with E-state index in [1.54, 1.807) is 30.3 Å². The molecule has 1 saturated carbocycles. The van der Waals surface area contributed by atoms with Gasteiger partial charge in [-0.3, -0.25) is 24.1 Å². The Labute approximate surface area is 337 Å². The van der Waals surface area contributed by atoms with Crippen LogP contribution in [0.1, 0.15) is 41.0 Å². The minimum Gasteiger partial charge on any atom is -0.508 e. The van der Waals surface area contributed by atoms with Crippen LogP contribution >= 0.6 is 0 Å². The Morgan fingerprint density at radius 1 is 0.741 bits per heavy atom. The highest BCUT2D eigenvalue weighted by atomic mass is 16.3. The average molecular weight is 767 g/mol. The number of phenols is 1. The smallest absolute Gasteiger partial charge is 0.238 e. The second-order valence-corrected chi connectivity index (χ2v) is 16.0. The third kappa shape index (κ3) is 5.83. The zero-order valence-corrected chi connectivity index (χ0v) is 32.4. The molecule has 1 heterocycles. The fourth-order valence-corrected chi connectivity index (χ4v) is 9.96. The predicted octanol–water partition coefficient (Wildman–Crippen LogP) is 9.21. The monoisotopic (exact) mass is 766 g/mol. The molecule has 1 saturated heterocycles. The third-order valence-corrected chi connectivity index (χ3v) is 12.7. The van der Waals surface area contributed by atoms with Gasteiger partial charge in [0.2, 0.25) is 11.8 Å². The van der Waals surface area contributed by atoms with Crippen LogP contribution in [0.25, 0.3) is 5.57 Å². The Hall–Kier alpha value is -6.74. The van der Waals surface area contributed by atoms with Crippen LogP contribution in [0.15, 0.2) is 155 Å². The lowest BCUT2D eigenvalue weighted by Gasteiger charge is -2.55. The maximum atomic E-state index is 15.2. The number of hydrogen-bond donors (Lipinski definition) is 1. The molecule has 5 aromatic carbocycles. The van der Waals surface area contributed by atoms with Gasteiger partial charge in [0, 0.05) is 37.2 Å². The summed E-state index contributed by atoms with van der Waals surface area (Å²) in [4.78, 5) is 62.8. The number of rotatable bonds is 7. The van der Waals surface area contributed by atoms with E-state index in [2.05, 4.69) is 16.3 Å². The number of nitrogens with zero attached hydrogens (tertiary/aromatic N) is 4. The van der Waals surface area contributed by atoms with Gasteiger partial charge in [-0.2, -0.15) is 10.2 Å². The molecule has 58 heavy (non-hydrogen) atoms. The number of fused-ring (bicyclic) bond motifs is 4. The lowest BCUT2D eigenvalue weighted by Crippen LogP contribution is -2.58. The Balaban J connectivity index is 1.12. The van der Waals surface area contributed by atoms with E-state index in [4.69, 9.17) is 0 Å². The molecule has 0 aromatic heterocycles. The normalized spacial score (nSPS) is 25.2. The van der Waals surface area contributed by atoms with E-state index >= 15 is 9.59 Å². The molecule has 1 N–H and O–H groups in total. The van der Waals surface area contributed by atoms with Crippen molar-refractivity contribution in [1.29, 1.82) is 0 Å². The first kappa shape index (κ1) is 36.9. The number of azo groups is 1. The maximum absolute atomic E-state index is 15.2. The number of hydrogen-bond acceptors (Lipinski definition) is 8. The topological polar surface area (TPSA) is 120 Å². The summed E-state index contributed by atoms with van der Waals surface area (Å²) in [6.07, 6.45) is 4.10. The summed E-state index contributed by atoms with van der Waals surface area (Å²) in [6.45, 7) is 1.81. The lowest BCUT2D eigenvalue weighted by atomic mass is 9.44. The van der Waals surface area contributed by atoms with Gasteiger partial charge in [-0.05, 0) is 109 Å². The van der Waals surface area contributed by atoms with E-state index in [1.807, 2.05) is 123 Å². The van der Waals surface area contributed by atoms with Gasteiger partial charge in [0.1, 0.15) is 5.75 Å². The number of carbonyl (C=O) groups is 4. The molecular weight excluding hydrogens is 725 g/mol. The second kappa shape index (κ2) is 14.3. The molecule has 4 aliphatic rings. The van der Waals surface area contributed by atoms with E-state index in [1.165, 1.54) is 11.0 Å². The summed E-state index contributed by atoms with van der Waals surface area (Å²) in [5.74, 6) is -4.18. The number of aryl methyl sites for hydroxylation is 1. The fourth-order valence-electron chi connectivity index (χ4n) is 9.96. The molecule has 0 radical (unpaired) electrons. The van der Waals surface area contributed by atoms with Crippen LogP contribution in [-0.2, 0) is 24.6 Å². The zero-order valence-electron chi connectivity index (χ0n) is 32.4. The summed E-state index contributed by atoms with van der Waals surface area (Å²) in [5.41, 5.74) is 5.42. The standard InChI is InChI=1S/C49H42N4O5/c1-29-26-31(14-25-42(29)54)45-37-23-24-38-44(48(58)53(47(38)57)36-21-17-34(18-22-36)51-50-33-15-19-35(20-16-33)52(2)3)40(37)27-41-46(56)39(30-10-6-4-7-11-30)28-43(55)49(41,45)32-12-8-5-9-13-32/h4-23,25-26,28,38,40-41,44-45,54H,24,27H2,1-3H3. The molecular formula is C49H42N4O5. The molecule has 9 rings (SSSR count). The summed E-state index contributed by atoms with van der Waals surface area (Å²) in [7, 11) is 3.94. The molecule has 9 heteroatoms. The number of imide groups is 1. The molecule has 1 aliphatic heterocycles. The molecule has 6 unspecified atom stereocenters. The van der Waals surface area contributed by atoms with E-state index in [0.717, 1.165) is 22.4 Å². The number of amides is 2. The van der Waals surface area contributed by atoms with Crippen molar-refractivity contribution in [2.24, 2.45) is 33.9 Å². The van der Waals surface area contributed by atoms with Gasteiger partial charge < -0.3 is 10.0 Å². The largest absolute Gasteiger partial charge is 0.508 e. The number of aromatic hydroxyl groups is 1. The molecule has 288 valence electrons.